The summed E-state index contributed by atoms with van der Waals surface area (Å²) in [6, 6.07) is 16.9. The summed E-state index contributed by atoms with van der Waals surface area (Å²) >= 11 is 6.28. The van der Waals surface area contributed by atoms with Crippen molar-refractivity contribution in [2.75, 3.05) is 5.32 Å². The molecule has 0 saturated carbocycles. The van der Waals surface area contributed by atoms with Crippen LogP contribution in [0.15, 0.2) is 77.9 Å². The van der Waals surface area contributed by atoms with Crippen molar-refractivity contribution >= 4 is 34.9 Å². The van der Waals surface area contributed by atoms with E-state index in [1.807, 2.05) is 0 Å². The highest BCUT2D eigenvalue weighted by molar-refractivity contribution is 6.31. The van der Waals surface area contributed by atoms with Crippen LogP contribution in [0.1, 0.15) is 34.5 Å². The number of carboxylic acids is 1. The van der Waals surface area contributed by atoms with Crippen molar-refractivity contribution in [2.24, 2.45) is 4.99 Å². The number of carboxylic acid groups (broad SMARTS) is 1. The Bertz CT molecular complexity index is 1540. The number of aromatic carboxylic acids is 1. The van der Waals surface area contributed by atoms with Crippen LogP contribution in [-0.2, 0) is 6.54 Å². The van der Waals surface area contributed by atoms with Crippen LogP contribution < -0.4 is 10.1 Å². The molecular formula is C27H20ClF3N4O3. The van der Waals surface area contributed by atoms with Gasteiger partial charge in [-0.15, -0.1) is 13.2 Å². The maximum absolute atomic E-state index is 13.1. The van der Waals surface area contributed by atoms with Crippen molar-refractivity contribution < 1.29 is 27.8 Å². The van der Waals surface area contributed by atoms with E-state index in [4.69, 9.17) is 16.7 Å². The molecule has 0 saturated heterocycles. The van der Waals surface area contributed by atoms with Crippen molar-refractivity contribution in [3.63, 3.8) is 0 Å². The first kappa shape index (κ1) is 26.6. The van der Waals surface area contributed by atoms with Gasteiger partial charge in [0.15, 0.2) is 0 Å². The summed E-state index contributed by atoms with van der Waals surface area (Å²) in [5.41, 5.74) is 3.40. The van der Waals surface area contributed by atoms with Crippen LogP contribution in [0.25, 0.3) is 11.3 Å². The van der Waals surface area contributed by atoms with Crippen LogP contribution >= 0.6 is 11.6 Å². The zero-order chi connectivity index (χ0) is 26.2. The second kappa shape index (κ2) is 10.5. The van der Waals surface area contributed by atoms with Gasteiger partial charge in [-0.3, -0.25) is 4.99 Å². The first-order chi connectivity index (χ1) is 17.7. The molecule has 0 atom stereocenters. The number of hydrogen-bond donors (Lipinski definition) is 2. The summed E-state index contributed by atoms with van der Waals surface area (Å²) in [6.07, 6.45) is -3.30. The van der Waals surface area contributed by atoms with Crippen LogP contribution in [-0.4, -0.2) is 33.1 Å². The number of para-hydroxylation sites is 1. The maximum atomic E-state index is 13.1. The van der Waals surface area contributed by atoms with E-state index in [-0.39, 0.29) is 42.5 Å². The average molecular weight is 541 g/mol. The van der Waals surface area contributed by atoms with Gasteiger partial charge in [0, 0.05) is 39.2 Å². The van der Waals surface area contributed by atoms with E-state index >= 15 is 0 Å². The van der Waals surface area contributed by atoms with Crippen LogP contribution in [0.5, 0.6) is 5.75 Å². The minimum Gasteiger partial charge on any atom is -0.478 e. The summed E-state index contributed by atoms with van der Waals surface area (Å²) in [4.78, 5) is 24.7. The quantitative estimate of drug-likeness (QED) is 0.280. The van der Waals surface area contributed by atoms with Crippen molar-refractivity contribution in [1.29, 1.82) is 0 Å². The molecular weight excluding hydrogens is 521 g/mol. The molecule has 0 aliphatic carbocycles. The normalized spacial score (nSPS) is 12.3. The largest absolute Gasteiger partial charge is 0.573 e. The smallest absolute Gasteiger partial charge is 0.478 e. The molecule has 2 N–H and O–H groups in total. The number of nitrogens with one attached hydrogen (secondary N) is 1. The molecule has 2 heterocycles. The molecule has 0 radical (unpaired) electrons. The minimum atomic E-state index is -4.88. The molecule has 0 spiro atoms. The predicted octanol–water partition coefficient (Wildman–Crippen LogP) is 7.12. The number of ether oxygens (including phenoxy) is 1. The molecule has 3 aromatic carbocycles. The number of nitrogens with zero attached hydrogens (tertiary/aromatic N) is 3. The molecule has 1 aliphatic rings. The SMILES string of the molecule is C.O=C(O)c1ccc(Nc2ncc3c(n2)-c2ccc(Cl)cc2C(c2ccccc2OC(F)(F)F)=NC3)cc1. The predicted molar refractivity (Wildman–Crippen MR) is 138 cm³/mol. The number of benzene rings is 3. The van der Waals surface area contributed by atoms with Gasteiger partial charge in [0.2, 0.25) is 5.95 Å². The number of hydrogen-bond acceptors (Lipinski definition) is 6. The molecule has 0 fully saturated rings. The van der Waals surface area contributed by atoms with Crippen LogP contribution in [0.4, 0.5) is 24.8 Å². The molecule has 194 valence electrons. The van der Waals surface area contributed by atoms with E-state index < -0.39 is 12.3 Å². The van der Waals surface area contributed by atoms with Gasteiger partial charge in [0.05, 0.1) is 23.5 Å². The number of alkyl halides is 3. The summed E-state index contributed by atoms with van der Waals surface area (Å²) in [7, 11) is 0. The van der Waals surface area contributed by atoms with Crippen LogP contribution in [0.3, 0.4) is 0 Å². The van der Waals surface area contributed by atoms with E-state index in [2.05, 4.69) is 25.0 Å². The molecule has 11 heteroatoms. The lowest BCUT2D eigenvalue weighted by atomic mass is 9.95. The zero-order valence-corrected chi connectivity index (χ0v) is 19.5. The van der Waals surface area contributed by atoms with Gasteiger partial charge in [0.25, 0.3) is 0 Å². The summed E-state index contributed by atoms with van der Waals surface area (Å²) < 4.78 is 43.5. The molecule has 0 unspecified atom stereocenters. The number of carbonyl (C=O) groups is 1. The highest BCUT2D eigenvalue weighted by Crippen LogP contribution is 2.36. The molecule has 0 amide bonds. The van der Waals surface area contributed by atoms with Crippen molar-refractivity contribution in [3.8, 4) is 17.0 Å². The Hall–Kier alpha value is -4.44. The van der Waals surface area contributed by atoms with Gasteiger partial charge in [0.1, 0.15) is 5.75 Å². The Morgan fingerprint density at radius 2 is 1.74 bits per heavy atom. The van der Waals surface area contributed by atoms with E-state index in [0.29, 0.717) is 33.1 Å². The second-order valence-electron chi connectivity index (χ2n) is 7.97. The van der Waals surface area contributed by atoms with E-state index in [0.717, 1.165) is 0 Å². The third-order valence-corrected chi connectivity index (χ3v) is 5.75. The van der Waals surface area contributed by atoms with E-state index in [1.54, 1.807) is 42.6 Å². The standard InChI is InChI=1S/C26H16ClF3N4O3.CH4/c27-16-7-10-18-20(11-16)23(19-3-1-2-4-21(19)37-26(28,29)30)31-12-15-13-32-25(34-22(15)18)33-17-8-5-14(6-9-17)24(35)36;/h1-11,13H,12H2,(H,35,36)(H,32,33,34);1H4. The van der Waals surface area contributed by atoms with Gasteiger partial charge < -0.3 is 15.2 Å². The van der Waals surface area contributed by atoms with Gasteiger partial charge in [-0.05, 0) is 48.5 Å². The maximum Gasteiger partial charge on any atom is 0.573 e. The van der Waals surface area contributed by atoms with Crippen LogP contribution in [0.2, 0.25) is 5.02 Å². The average Bonchev–Trinajstić information content (AvgIpc) is 3.00. The van der Waals surface area contributed by atoms with E-state index in [9.17, 15) is 18.0 Å². The Kier molecular flexibility index (Phi) is 7.36. The fourth-order valence-electron chi connectivity index (χ4n) is 3.92. The third kappa shape index (κ3) is 5.60. The van der Waals surface area contributed by atoms with Gasteiger partial charge in [-0.25, -0.2) is 14.8 Å². The topological polar surface area (TPSA) is 96.7 Å². The van der Waals surface area contributed by atoms with Crippen LogP contribution in [0, 0.1) is 0 Å². The molecule has 1 aromatic heterocycles. The second-order valence-corrected chi connectivity index (χ2v) is 8.41. The lowest BCUT2D eigenvalue weighted by molar-refractivity contribution is -0.274. The summed E-state index contributed by atoms with van der Waals surface area (Å²) in [6.45, 7) is 0.102. The highest BCUT2D eigenvalue weighted by Gasteiger charge is 2.33. The summed E-state index contributed by atoms with van der Waals surface area (Å²) in [5.74, 6) is -1.18. The Balaban J connectivity index is 0.00000336. The lowest BCUT2D eigenvalue weighted by Crippen LogP contribution is -2.19. The molecule has 38 heavy (non-hydrogen) atoms. The molecule has 1 aliphatic heterocycles. The van der Waals surface area contributed by atoms with Crippen molar-refractivity contribution in [2.45, 2.75) is 20.3 Å². The monoisotopic (exact) mass is 540 g/mol. The van der Waals surface area contributed by atoms with Crippen molar-refractivity contribution in [1.82, 2.24) is 9.97 Å². The number of halogens is 4. The first-order valence-electron chi connectivity index (χ1n) is 10.8. The van der Waals surface area contributed by atoms with Gasteiger partial charge >= 0.3 is 12.3 Å². The van der Waals surface area contributed by atoms with Gasteiger partial charge in [-0.2, -0.15) is 0 Å². The van der Waals surface area contributed by atoms with Gasteiger partial charge in [-0.1, -0.05) is 37.2 Å². The lowest BCUT2D eigenvalue weighted by Gasteiger charge is -2.16. The third-order valence-electron chi connectivity index (χ3n) is 5.52. The highest BCUT2D eigenvalue weighted by atomic mass is 35.5. The number of aromatic nitrogens is 2. The number of fused-ring (bicyclic) bond motifs is 3. The Morgan fingerprint density at radius 1 is 1.00 bits per heavy atom. The number of aliphatic imine (C=N–C) groups is 1. The number of anilines is 2. The molecule has 5 rings (SSSR count). The minimum absolute atomic E-state index is 0. The fourth-order valence-corrected chi connectivity index (χ4v) is 4.09. The Morgan fingerprint density at radius 3 is 2.45 bits per heavy atom. The Labute approximate surface area is 220 Å². The number of rotatable bonds is 5. The van der Waals surface area contributed by atoms with E-state index in [1.165, 1.54) is 30.3 Å². The molecule has 0 bridgehead atoms. The zero-order valence-electron chi connectivity index (χ0n) is 18.8. The first-order valence-corrected chi connectivity index (χ1v) is 11.2. The fraction of sp³-hybridized carbons (Fsp3) is 0.111. The summed E-state index contributed by atoms with van der Waals surface area (Å²) in [5, 5.41) is 12.5. The molecule has 4 aromatic rings. The molecule has 7 nitrogen and oxygen atoms in total. The van der Waals surface area contributed by atoms with Crippen molar-refractivity contribution in [3.05, 3.63) is 100 Å².